The zero-order valence-electron chi connectivity index (χ0n) is 12.1. The number of rotatable bonds is 3. The number of aromatic amines is 1. The van der Waals surface area contributed by atoms with Crippen molar-refractivity contribution in [3.05, 3.63) is 17.7 Å². The largest absolute Gasteiger partial charge is 0.481 e. The Morgan fingerprint density at radius 1 is 1.50 bits per heavy atom. The predicted octanol–water partition coefficient (Wildman–Crippen LogP) is 1.68. The fraction of sp³-hybridized carbons (Fsp3) is 0.643. The first kappa shape index (κ1) is 14.6. The van der Waals surface area contributed by atoms with Crippen molar-refractivity contribution in [2.75, 3.05) is 13.1 Å². The van der Waals surface area contributed by atoms with Gasteiger partial charge >= 0.3 is 5.97 Å². The van der Waals surface area contributed by atoms with E-state index >= 15 is 0 Å². The first-order valence-electron chi connectivity index (χ1n) is 6.86. The Balaban J connectivity index is 2.11. The van der Waals surface area contributed by atoms with Crippen LogP contribution in [0.3, 0.4) is 0 Å². The van der Waals surface area contributed by atoms with Crippen molar-refractivity contribution < 1.29 is 14.7 Å². The van der Waals surface area contributed by atoms with Gasteiger partial charge in [0.25, 0.3) is 5.91 Å². The number of aliphatic carboxylic acids is 1. The number of nitrogens with zero attached hydrogens (tertiary/aromatic N) is 2. The highest BCUT2D eigenvalue weighted by atomic mass is 16.4. The summed E-state index contributed by atoms with van der Waals surface area (Å²) in [5.41, 5.74) is -0.348. The van der Waals surface area contributed by atoms with Crippen LogP contribution in [0.25, 0.3) is 0 Å². The molecule has 1 unspecified atom stereocenters. The minimum absolute atomic E-state index is 0.0262. The second-order valence-electron chi connectivity index (χ2n) is 6.00. The monoisotopic (exact) mass is 279 g/mol. The van der Waals surface area contributed by atoms with Crippen LogP contribution < -0.4 is 0 Å². The van der Waals surface area contributed by atoms with E-state index in [4.69, 9.17) is 0 Å². The number of carboxylic acid groups (broad SMARTS) is 1. The summed E-state index contributed by atoms with van der Waals surface area (Å²) in [6, 6.07) is 0. The standard InChI is InChI=1S/C14H21N3O3/c1-9-15-7-11(16-9)12(18)17-6-4-5-10(8-17)14(2,3)13(19)20/h7,10H,4-6,8H2,1-3H3,(H,15,16)(H,19,20). The first-order chi connectivity index (χ1) is 9.32. The summed E-state index contributed by atoms with van der Waals surface area (Å²) >= 11 is 0. The molecular formula is C14H21N3O3. The number of hydrogen-bond donors (Lipinski definition) is 2. The van der Waals surface area contributed by atoms with Crippen molar-refractivity contribution in [2.24, 2.45) is 11.3 Å². The molecule has 1 amide bonds. The molecule has 20 heavy (non-hydrogen) atoms. The highest BCUT2D eigenvalue weighted by molar-refractivity contribution is 5.92. The summed E-state index contributed by atoms with van der Waals surface area (Å²) in [6.07, 6.45) is 3.20. The van der Waals surface area contributed by atoms with Gasteiger partial charge in [0.05, 0.1) is 11.6 Å². The van der Waals surface area contributed by atoms with Crippen LogP contribution >= 0.6 is 0 Å². The third-order valence-corrected chi connectivity index (χ3v) is 4.21. The average Bonchev–Trinajstić information content (AvgIpc) is 2.84. The number of piperidine rings is 1. The smallest absolute Gasteiger partial charge is 0.309 e. The Labute approximate surface area is 118 Å². The van der Waals surface area contributed by atoms with Crippen molar-refractivity contribution in [3.8, 4) is 0 Å². The van der Waals surface area contributed by atoms with E-state index in [0.29, 0.717) is 24.6 Å². The quantitative estimate of drug-likeness (QED) is 0.881. The molecule has 1 atom stereocenters. The summed E-state index contributed by atoms with van der Waals surface area (Å²) in [5, 5.41) is 9.32. The molecule has 1 fully saturated rings. The molecule has 6 nitrogen and oxygen atoms in total. The number of carbonyl (C=O) groups excluding carboxylic acids is 1. The van der Waals surface area contributed by atoms with E-state index in [0.717, 1.165) is 12.8 Å². The van der Waals surface area contributed by atoms with Gasteiger partial charge in [0, 0.05) is 13.1 Å². The van der Waals surface area contributed by atoms with Crippen LogP contribution in [0, 0.1) is 18.3 Å². The highest BCUT2D eigenvalue weighted by Crippen LogP contribution is 2.34. The average molecular weight is 279 g/mol. The number of aromatic nitrogens is 2. The number of hydrogen-bond acceptors (Lipinski definition) is 3. The minimum Gasteiger partial charge on any atom is -0.481 e. The van der Waals surface area contributed by atoms with E-state index in [1.54, 1.807) is 25.7 Å². The van der Waals surface area contributed by atoms with Crippen molar-refractivity contribution in [1.29, 1.82) is 0 Å². The lowest BCUT2D eigenvalue weighted by atomic mass is 9.74. The molecule has 1 aromatic heterocycles. The molecule has 0 spiro atoms. The van der Waals surface area contributed by atoms with Crippen LogP contribution in [0.5, 0.6) is 0 Å². The second-order valence-corrected chi connectivity index (χ2v) is 6.00. The number of nitrogens with one attached hydrogen (secondary N) is 1. The molecule has 0 saturated carbocycles. The zero-order chi connectivity index (χ0) is 14.9. The molecule has 1 aliphatic rings. The Kier molecular flexibility index (Phi) is 3.83. The van der Waals surface area contributed by atoms with Gasteiger partial charge in [-0.3, -0.25) is 9.59 Å². The summed E-state index contributed by atoms with van der Waals surface area (Å²) in [6.45, 7) is 6.41. The van der Waals surface area contributed by atoms with Gasteiger partial charge in [-0.2, -0.15) is 0 Å². The summed E-state index contributed by atoms with van der Waals surface area (Å²) in [7, 11) is 0. The van der Waals surface area contributed by atoms with Crippen LogP contribution in [-0.4, -0.2) is 44.9 Å². The third kappa shape index (κ3) is 2.69. The number of carboxylic acids is 1. The van der Waals surface area contributed by atoms with Crippen LogP contribution in [0.1, 0.15) is 43.0 Å². The third-order valence-electron chi connectivity index (χ3n) is 4.21. The van der Waals surface area contributed by atoms with Crippen molar-refractivity contribution in [3.63, 3.8) is 0 Å². The van der Waals surface area contributed by atoms with Gasteiger partial charge in [-0.1, -0.05) is 0 Å². The van der Waals surface area contributed by atoms with Crippen LogP contribution in [0.15, 0.2) is 6.20 Å². The van der Waals surface area contributed by atoms with Crippen molar-refractivity contribution in [2.45, 2.75) is 33.6 Å². The lowest BCUT2D eigenvalue weighted by Gasteiger charge is -2.39. The predicted molar refractivity (Wildman–Crippen MR) is 73.4 cm³/mol. The van der Waals surface area contributed by atoms with Crippen LogP contribution in [0.2, 0.25) is 0 Å². The zero-order valence-corrected chi connectivity index (χ0v) is 12.1. The summed E-state index contributed by atoms with van der Waals surface area (Å²) in [5.74, 6) is -0.236. The number of likely N-dealkylation sites (tertiary alicyclic amines) is 1. The maximum atomic E-state index is 12.4. The number of carbonyl (C=O) groups is 2. The Morgan fingerprint density at radius 3 is 2.75 bits per heavy atom. The van der Waals surface area contributed by atoms with Crippen molar-refractivity contribution >= 4 is 11.9 Å². The van der Waals surface area contributed by atoms with E-state index in [1.165, 1.54) is 6.20 Å². The molecule has 110 valence electrons. The fourth-order valence-electron chi connectivity index (χ4n) is 2.63. The molecule has 0 radical (unpaired) electrons. The molecule has 0 bridgehead atoms. The van der Waals surface area contributed by atoms with Crippen molar-refractivity contribution in [1.82, 2.24) is 14.9 Å². The number of H-pyrrole nitrogens is 1. The van der Waals surface area contributed by atoms with Gasteiger partial charge in [0.2, 0.25) is 0 Å². The van der Waals surface area contributed by atoms with Crippen LogP contribution in [-0.2, 0) is 4.79 Å². The molecule has 1 saturated heterocycles. The van der Waals surface area contributed by atoms with E-state index in [2.05, 4.69) is 9.97 Å². The Morgan fingerprint density at radius 2 is 2.20 bits per heavy atom. The molecule has 2 heterocycles. The van der Waals surface area contributed by atoms with E-state index in [-0.39, 0.29) is 11.8 Å². The lowest BCUT2D eigenvalue weighted by molar-refractivity contribution is -0.151. The first-order valence-corrected chi connectivity index (χ1v) is 6.86. The van der Waals surface area contributed by atoms with Gasteiger partial charge in [0.15, 0.2) is 0 Å². The van der Waals surface area contributed by atoms with E-state index in [9.17, 15) is 14.7 Å². The molecule has 0 aromatic carbocycles. The Hall–Kier alpha value is -1.85. The van der Waals surface area contributed by atoms with Gasteiger partial charge in [-0.05, 0) is 39.5 Å². The van der Waals surface area contributed by atoms with Crippen LogP contribution in [0.4, 0.5) is 0 Å². The van der Waals surface area contributed by atoms with E-state index < -0.39 is 11.4 Å². The Bertz CT molecular complexity index is 521. The number of aryl methyl sites for hydroxylation is 1. The summed E-state index contributed by atoms with van der Waals surface area (Å²) < 4.78 is 0. The molecule has 2 N–H and O–H groups in total. The molecule has 1 aromatic rings. The normalized spacial score (nSPS) is 19.9. The maximum absolute atomic E-state index is 12.4. The molecular weight excluding hydrogens is 258 g/mol. The molecule has 0 aliphatic carbocycles. The molecule has 6 heteroatoms. The molecule has 2 rings (SSSR count). The molecule has 1 aliphatic heterocycles. The number of imidazole rings is 1. The number of amides is 1. The SMILES string of the molecule is Cc1ncc(C(=O)N2CCCC(C(C)(C)C(=O)O)C2)[nH]1. The lowest BCUT2D eigenvalue weighted by Crippen LogP contribution is -2.47. The van der Waals surface area contributed by atoms with Gasteiger partial charge in [-0.25, -0.2) is 4.98 Å². The van der Waals surface area contributed by atoms with Gasteiger partial charge in [-0.15, -0.1) is 0 Å². The van der Waals surface area contributed by atoms with Gasteiger partial charge < -0.3 is 15.0 Å². The highest BCUT2D eigenvalue weighted by Gasteiger charge is 2.40. The maximum Gasteiger partial charge on any atom is 0.309 e. The minimum atomic E-state index is -0.817. The van der Waals surface area contributed by atoms with E-state index in [1.807, 2.05) is 0 Å². The second kappa shape index (κ2) is 5.26. The van der Waals surface area contributed by atoms with Gasteiger partial charge in [0.1, 0.15) is 11.5 Å². The fourth-order valence-corrected chi connectivity index (χ4v) is 2.63. The topological polar surface area (TPSA) is 86.3 Å². The summed E-state index contributed by atoms with van der Waals surface area (Å²) in [4.78, 5) is 32.4.